The second-order valence-electron chi connectivity index (χ2n) is 7.36. The quantitative estimate of drug-likeness (QED) is 0.475. The molecule has 176 valence electrons. The summed E-state index contributed by atoms with van der Waals surface area (Å²) in [5.74, 6) is -1.95. The van der Waals surface area contributed by atoms with Gasteiger partial charge in [-0.1, -0.05) is 42.5 Å². The molecule has 3 rings (SSSR count). The number of anilines is 2. The number of para-hydroxylation sites is 2. The smallest absolute Gasteiger partial charge is 0.404 e. The van der Waals surface area contributed by atoms with Gasteiger partial charge in [0.2, 0.25) is 0 Å². The summed E-state index contributed by atoms with van der Waals surface area (Å²) < 4.78 is 42.2. The molecule has 0 aromatic heterocycles. The van der Waals surface area contributed by atoms with Crippen LogP contribution < -0.4 is 20.3 Å². The van der Waals surface area contributed by atoms with E-state index in [1.165, 1.54) is 24.3 Å². The van der Waals surface area contributed by atoms with Crippen LogP contribution in [0.1, 0.15) is 15.9 Å². The molecular weight excluding hydrogens is 447 g/mol. The van der Waals surface area contributed by atoms with Gasteiger partial charge >= 0.3 is 6.36 Å². The summed E-state index contributed by atoms with van der Waals surface area (Å²) in [5, 5.41) is 4.93. The summed E-state index contributed by atoms with van der Waals surface area (Å²) in [6.07, 6.45) is -3.50. The van der Waals surface area contributed by atoms with Gasteiger partial charge in [0.25, 0.3) is 11.8 Å². The van der Waals surface area contributed by atoms with Crippen molar-refractivity contribution in [3.05, 3.63) is 95.7 Å². The molecule has 3 aromatic carbocycles. The molecule has 0 unspecified atom stereocenters. The number of carbonyl (C=O) groups is 2. The second-order valence-corrected chi connectivity index (χ2v) is 7.36. The van der Waals surface area contributed by atoms with Gasteiger partial charge in [-0.05, 0) is 48.0 Å². The van der Waals surface area contributed by atoms with Gasteiger partial charge in [-0.25, -0.2) is 0 Å². The van der Waals surface area contributed by atoms with Crippen LogP contribution in [0.3, 0.4) is 0 Å². The number of hydrogen-bond acceptors (Lipinski definition) is 4. The third-order valence-electron chi connectivity index (χ3n) is 4.61. The summed E-state index contributed by atoms with van der Waals surface area (Å²) in [6, 6.07) is 20.5. The maximum Gasteiger partial charge on any atom is 0.573 e. The van der Waals surface area contributed by atoms with E-state index < -0.39 is 23.9 Å². The zero-order valence-corrected chi connectivity index (χ0v) is 18.4. The molecule has 0 aliphatic rings. The summed E-state index contributed by atoms with van der Waals surface area (Å²) in [5.41, 5.74) is 1.48. The molecule has 0 heterocycles. The van der Waals surface area contributed by atoms with E-state index in [1.807, 2.05) is 31.1 Å². The normalized spacial score (nSPS) is 11.5. The predicted molar refractivity (Wildman–Crippen MR) is 124 cm³/mol. The molecule has 2 N–H and O–H groups in total. The Hall–Kier alpha value is -4.27. The highest BCUT2D eigenvalue weighted by Crippen LogP contribution is 2.30. The number of rotatable bonds is 7. The lowest BCUT2D eigenvalue weighted by Gasteiger charge is -2.16. The van der Waals surface area contributed by atoms with Gasteiger partial charge in [0.1, 0.15) is 5.70 Å². The number of hydrogen-bond donors (Lipinski definition) is 2. The third kappa shape index (κ3) is 6.86. The number of alkyl halides is 3. The highest BCUT2D eigenvalue weighted by molar-refractivity contribution is 6.11. The zero-order chi connectivity index (χ0) is 24.7. The van der Waals surface area contributed by atoms with Gasteiger partial charge in [-0.15, -0.1) is 13.2 Å². The molecule has 3 aromatic rings. The van der Waals surface area contributed by atoms with E-state index in [1.54, 1.807) is 42.5 Å². The van der Waals surface area contributed by atoms with E-state index in [9.17, 15) is 22.8 Å². The van der Waals surface area contributed by atoms with Gasteiger partial charge in [0, 0.05) is 25.3 Å². The number of amides is 2. The van der Waals surface area contributed by atoms with Crippen molar-refractivity contribution in [3.63, 3.8) is 0 Å². The van der Waals surface area contributed by atoms with Crippen LogP contribution in [0.5, 0.6) is 5.75 Å². The molecule has 6 nitrogen and oxygen atoms in total. The molecule has 2 amide bonds. The lowest BCUT2D eigenvalue weighted by atomic mass is 10.1. The molecule has 0 aliphatic carbocycles. The molecule has 0 saturated heterocycles. The molecule has 0 aliphatic heterocycles. The van der Waals surface area contributed by atoms with Crippen LogP contribution in [-0.4, -0.2) is 32.3 Å². The lowest BCUT2D eigenvalue weighted by Crippen LogP contribution is -2.31. The zero-order valence-electron chi connectivity index (χ0n) is 18.4. The lowest BCUT2D eigenvalue weighted by molar-refractivity contribution is -0.274. The van der Waals surface area contributed by atoms with E-state index in [-0.39, 0.29) is 11.4 Å². The first kappa shape index (κ1) is 24.4. The van der Waals surface area contributed by atoms with Crippen molar-refractivity contribution in [2.45, 2.75) is 6.36 Å². The summed E-state index contributed by atoms with van der Waals surface area (Å²) in [6.45, 7) is 0. The SMILES string of the molecule is CN(C)c1ccc(C=C(NC(=O)c2ccccc2)C(=O)Nc2ccccc2OC(F)(F)F)cc1. The number of nitrogens with zero attached hydrogens (tertiary/aromatic N) is 1. The first-order valence-electron chi connectivity index (χ1n) is 10.1. The van der Waals surface area contributed by atoms with Crippen LogP contribution >= 0.6 is 0 Å². The Bertz CT molecular complexity index is 1180. The Morgan fingerprint density at radius 3 is 2.12 bits per heavy atom. The minimum Gasteiger partial charge on any atom is -0.404 e. The van der Waals surface area contributed by atoms with Crippen molar-refractivity contribution >= 4 is 29.3 Å². The maximum absolute atomic E-state index is 13.0. The van der Waals surface area contributed by atoms with E-state index in [0.29, 0.717) is 11.1 Å². The Morgan fingerprint density at radius 2 is 1.50 bits per heavy atom. The number of carbonyl (C=O) groups excluding carboxylic acids is 2. The number of ether oxygens (including phenoxy) is 1. The Kier molecular flexibility index (Phi) is 7.57. The molecule has 0 spiro atoms. The van der Waals surface area contributed by atoms with Crippen LogP contribution in [0, 0.1) is 0 Å². The van der Waals surface area contributed by atoms with Crippen LogP contribution in [0.15, 0.2) is 84.6 Å². The molecule has 9 heteroatoms. The van der Waals surface area contributed by atoms with Crippen LogP contribution in [0.4, 0.5) is 24.5 Å². The molecule has 0 fully saturated rings. The molecular formula is C25H22F3N3O3. The maximum atomic E-state index is 13.0. The molecule has 0 atom stereocenters. The van der Waals surface area contributed by atoms with E-state index in [4.69, 9.17) is 0 Å². The predicted octanol–water partition coefficient (Wildman–Crippen LogP) is 5.06. The minimum absolute atomic E-state index is 0.159. The van der Waals surface area contributed by atoms with Crippen molar-refractivity contribution in [1.82, 2.24) is 5.32 Å². The Morgan fingerprint density at radius 1 is 0.882 bits per heavy atom. The summed E-state index contributed by atoms with van der Waals surface area (Å²) >= 11 is 0. The topological polar surface area (TPSA) is 70.7 Å². The molecule has 0 bridgehead atoms. The average molecular weight is 469 g/mol. The van der Waals surface area contributed by atoms with E-state index in [2.05, 4.69) is 15.4 Å². The fourth-order valence-corrected chi connectivity index (χ4v) is 2.95. The van der Waals surface area contributed by atoms with Crippen molar-refractivity contribution < 1.29 is 27.5 Å². The standard InChI is InChI=1S/C25H22F3N3O3/c1-31(2)19-14-12-17(13-15-19)16-21(30-23(32)18-8-4-3-5-9-18)24(33)29-20-10-6-7-11-22(20)34-25(26,27)28/h3-16H,1-2H3,(H,29,33)(H,30,32). The van der Waals surface area contributed by atoms with Crippen LogP contribution in [0.2, 0.25) is 0 Å². The van der Waals surface area contributed by atoms with E-state index in [0.717, 1.165) is 11.8 Å². The van der Waals surface area contributed by atoms with Crippen molar-refractivity contribution in [2.75, 3.05) is 24.3 Å². The van der Waals surface area contributed by atoms with Gasteiger partial charge < -0.3 is 20.3 Å². The average Bonchev–Trinajstić information content (AvgIpc) is 2.80. The highest BCUT2D eigenvalue weighted by Gasteiger charge is 2.32. The largest absolute Gasteiger partial charge is 0.573 e. The first-order valence-corrected chi connectivity index (χ1v) is 10.1. The minimum atomic E-state index is -4.94. The fourth-order valence-electron chi connectivity index (χ4n) is 2.95. The van der Waals surface area contributed by atoms with Crippen molar-refractivity contribution in [1.29, 1.82) is 0 Å². The number of halogens is 3. The first-order chi connectivity index (χ1) is 16.1. The highest BCUT2D eigenvalue weighted by atomic mass is 19.4. The van der Waals surface area contributed by atoms with Gasteiger partial charge in [-0.2, -0.15) is 0 Å². The summed E-state index contributed by atoms with van der Waals surface area (Å²) in [4.78, 5) is 27.6. The Labute approximate surface area is 194 Å². The second kappa shape index (κ2) is 10.6. The number of nitrogens with one attached hydrogen (secondary N) is 2. The van der Waals surface area contributed by atoms with Gasteiger partial charge in [0.15, 0.2) is 5.75 Å². The van der Waals surface area contributed by atoms with E-state index >= 15 is 0 Å². The molecule has 0 saturated carbocycles. The van der Waals surface area contributed by atoms with Gasteiger partial charge in [0.05, 0.1) is 5.69 Å². The van der Waals surface area contributed by atoms with Crippen LogP contribution in [-0.2, 0) is 4.79 Å². The molecule has 34 heavy (non-hydrogen) atoms. The Balaban J connectivity index is 1.92. The third-order valence-corrected chi connectivity index (χ3v) is 4.61. The van der Waals surface area contributed by atoms with Crippen molar-refractivity contribution in [2.24, 2.45) is 0 Å². The number of benzene rings is 3. The van der Waals surface area contributed by atoms with Crippen LogP contribution in [0.25, 0.3) is 6.08 Å². The molecule has 0 radical (unpaired) electrons. The van der Waals surface area contributed by atoms with Gasteiger partial charge in [-0.3, -0.25) is 9.59 Å². The van der Waals surface area contributed by atoms with Crippen molar-refractivity contribution in [3.8, 4) is 5.75 Å². The fraction of sp³-hybridized carbons (Fsp3) is 0.120. The monoisotopic (exact) mass is 469 g/mol. The summed E-state index contributed by atoms with van der Waals surface area (Å²) in [7, 11) is 3.76.